The Kier molecular flexibility index (Phi) is 2.88. The van der Waals surface area contributed by atoms with Gasteiger partial charge in [0, 0.05) is 23.0 Å². The molecule has 0 saturated carbocycles. The largest absolute Gasteiger partial charge is 0.437 e. The molecule has 3 aromatic heterocycles. The molecule has 0 bridgehead atoms. The smallest absolute Gasteiger partial charge is 0.242 e. The molecule has 4 heteroatoms. The number of fused-ring (bicyclic) bond motifs is 5. The number of hydrogen-bond acceptors (Lipinski definition) is 3. The van der Waals surface area contributed by atoms with Crippen molar-refractivity contribution in [2.24, 2.45) is 7.05 Å². The van der Waals surface area contributed by atoms with Crippen LogP contribution in [0.25, 0.3) is 44.1 Å². The second kappa shape index (κ2) is 5.11. The van der Waals surface area contributed by atoms with Crippen LogP contribution in [0, 0.1) is 6.92 Å². The number of benzene rings is 2. The van der Waals surface area contributed by atoms with Crippen molar-refractivity contribution in [3.63, 3.8) is 0 Å². The van der Waals surface area contributed by atoms with Gasteiger partial charge in [-0.1, -0.05) is 41.1 Å². The van der Waals surface area contributed by atoms with E-state index in [4.69, 9.17) is 4.42 Å². The summed E-state index contributed by atoms with van der Waals surface area (Å²) in [5.74, 6) is 0. The van der Waals surface area contributed by atoms with Crippen molar-refractivity contribution < 1.29 is 9.10 Å². The molecule has 25 heavy (non-hydrogen) atoms. The number of nitrogens with zero attached hydrogens (tertiary/aromatic N) is 3. The highest BCUT2D eigenvalue weighted by atomic mass is 16.3. The standard InChI is InChI=1S/C21H16N3O/c1-13-9-10-16-19-15-7-4-3-6-14(15)12-22-21(19)25-20(16)18(13)17-8-5-11-23-24(17)2/h3-12H,1-2H3/q+1. The molecule has 0 aliphatic carbocycles. The maximum absolute atomic E-state index is 6.23. The fourth-order valence-electron chi connectivity index (χ4n) is 3.57. The third-order valence-electron chi connectivity index (χ3n) is 4.78. The predicted octanol–water partition coefficient (Wildman–Crippen LogP) is 4.33. The molecule has 0 unspecified atom stereocenters. The molecule has 5 aromatic rings. The summed E-state index contributed by atoms with van der Waals surface area (Å²) in [5, 5.41) is 8.80. The van der Waals surface area contributed by atoms with Crippen molar-refractivity contribution in [3.8, 4) is 11.3 Å². The molecule has 0 N–H and O–H groups in total. The van der Waals surface area contributed by atoms with Crippen molar-refractivity contribution in [2.75, 3.05) is 0 Å². The van der Waals surface area contributed by atoms with Crippen molar-refractivity contribution in [3.05, 3.63) is 66.5 Å². The van der Waals surface area contributed by atoms with Crippen LogP contribution in [-0.4, -0.2) is 10.1 Å². The van der Waals surface area contributed by atoms with Crippen LogP contribution >= 0.6 is 0 Å². The summed E-state index contributed by atoms with van der Waals surface area (Å²) < 4.78 is 8.11. The summed E-state index contributed by atoms with van der Waals surface area (Å²) in [4.78, 5) is 4.54. The van der Waals surface area contributed by atoms with Crippen molar-refractivity contribution >= 4 is 32.8 Å². The van der Waals surface area contributed by atoms with Gasteiger partial charge >= 0.3 is 0 Å². The molecule has 0 amide bonds. The van der Waals surface area contributed by atoms with Gasteiger partial charge in [0.15, 0.2) is 12.6 Å². The molecular formula is C21H16N3O+. The molecule has 120 valence electrons. The lowest BCUT2D eigenvalue weighted by Gasteiger charge is -2.03. The number of aryl methyl sites for hydroxylation is 2. The average Bonchev–Trinajstić information content (AvgIpc) is 3.01. The van der Waals surface area contributed by atoms with E-state index in [1.165, 1.54) is 0 Å². The monoisotopic (exact) mass is 326 g/mol. The first-order valence-electron chi connectivity index (χ1n) is 8.25. The van der Waals surface area contributed by atoms with Gasteiger partial charge in [-0.15, -0.1) is 0 Å². The third kappa shape index (κ3) is 1.97. The zero-order valence-corrected chi connectivity index (χ0v) is 14.0. The van der Waals surface area contributed by atoms with Gasteiger partial charge in [-0.3, -0.25) is 0 Å². The van der Waals surface area contributed by atoms with Gasteiger partial charge in [0.2, 0.25) is 11.4 Å². The minimum absolute atomic E-state index is 0.673. The Balaban J connectivity index is 1.99. The number of aromatic nitrogens is 3. The zero-order valence-electron chi connectivity index (χ0n) is 14.0. The number of rotatable bonds is 1. The van der Waals surface area contributed by atoms with E-state index >= 15 is 0 Å². The van der Waals surface area contributed by atoms with Crippen LogP contribution in [0.5, 0.6) is 0 Å². The quantitative estimate of drug-likeness (QED) is 0.431. The van der Waals surface area contributed by atoms with Crippen LogP contribution in [-0.2, 0) is 7.05 Å². The molecule has 3 heterocycles. The molecule has 0 atom stereocenters. The van der Waals surface area contributed by atoms with E-state index in [0.717, 1.165) is 43.9 Å². The summed E-state index contributed by atoms with van der Waals surface area (Å²) in [5.41, 5.74) is 4.78. The van der Waals surface area contributed by atoms with Crippen LogP contribution < -0.4 is 4.68 Å². The highest BCUT2D eigenvalue weighted by Crippen LogP contribution is 2.38. The van der Waals surface area contributed by atoms with Crippen molar-refractivity contribution in [1.29, 1.82) is 0 Å². The first-order valence-corrected chi connectivity index (χ1v) is 8.25. The molecule has 2 aromatic carbocycles. The van der Waals surface area contributed by atoms with Gasteiger partial charge in [-0.2, -0.15) is 0 Å². The summed E-state index contributed by atoms with van der Waals surface area (Å²) in [6.45, 7) is 2.10. The lowest BCUT2D eigenvalue weighted by atomic mass is 10.00. The van der Waals surface area contributed by atoms with E-state index in [9.17, 15) is 0 Å². The van der Waals surface area contributed by atoms with Crippen LogP contribution in [0.15, 0.2) is 65.3 Å². The van der Waals surface area contributed by atoms with E-state index in [1.807, 2.05) is 30.1 Å². The molecule has 5 rings (SSSR count). The first-order chi connectivity index (χ1) is 12.2. The van der Waals surface area contributed by atoms with Crippen LogP contribution in [0.1, 0.15) is 5.56 Å². The molecule has 0 spiro atoms. The van der Waals surface area contributed by atoms with Crippen LogP contribution in [0.3, 0.4) is 0 Å². The third-order valence-corrected chi connectivity index (χ3v) is 4.78. The normalized spacial score (nSPS) is 11.6. The Morgan fingerprint density at radius 3 is 2.72 bits per heavy atom. The highest BCUT2D eigenvalue weighted by molar-refractivity contribution is 6.19. The minimum atomic E-state index is 0.673. The Labute approximate surface area is 144 Å². The lowest BCUT2D eigenvalue weighted by Crippen LogP contribution is -2.35. The van der Waals surface area contributed by atoms with E-state index in [-0.39, 0.29) is 0 Å². The maximum Gasteiger partial charge on any atom is 0.242 e. The summed E-state index contributed by atoms with van der Waals surface area (Å²) in [6, 6.07) is 16.6. The molecule has 4 nitrogen and oxygen atoms in total. The van der Waals surface area contributed by atoms with Crippen molar-refractivity contribution in [1.82, 2.24) is 10.1 Å². The van der Waals surface area contributed by atoms with Crippen LogP contribution in [0.4, 0.5) is 0 Å². The van der Waals surface area contributed by atoms with E-state index in [1.54, 1.807) is 6.20 Å². The Morgan fingerprint density at radius 2 is 1.84 bits per heavy atom. The molecule has 0 saturated heterocycles. The lowest BCUT2D eigenvalue weighted by molar-refractivity contribution is -0.720. The van der Waals surface area contributed by atoms with Gasteiger partial charge in [-0.25, -0.2) is 4.98 Å². The number of furan rings is 1. The van der Waals surface area contributed by atoms with E-state index < -0.39 is 0 Å². The Morgan fingerprint density at radius 1 is 0.960 bits per heavy atom. The molecular weight excluding hydrogens is 310 g/mol. The molecule has 0 radical (unpaired) electrons. The molecule has 0 aliphatic heterocycles. The minimum Gasteiger partial charge on any atom is -0.437 e. The Bertz CT molecular complexity index is 1270. The van der Waals surface area contributed by atoms with Gasteiger partial charge in [0.25, 0.3) is 0 Å². The molecule has 0 aliphatic rings. The number of hydrogen-bond donors (Lipinski definition) is 0. The summed E-state index contributed by atoms with van der Waals surface area (Å²) >= 11 is 0. The average molecular weight is 326 g/mol. The fraction of sp³-hybridized carbons (Fsp3) is 0.0952. The van der Waals surface area contributed by atoms with Gasteiger partial charge < -0.3 is 4.42 Å². The summed E-state index contributed by atoms with van der Waals surface area (Å²) in [7, 11) is 1.95. The first kappa shape index (κ1) is 14.1. The number of pyridine rings is 1. The van der Waals surface area contributed by atoms with Gasteiger partial charge in [-0.05, 0) is 29.0 Å². The second-order valence-electron chi connectivity index (χ2n) is 6.29. The predicted molar refractivity (Wildman–Crippen MR) is 98.2 cm³/mol. The second-order valence-corrected chi connectivity index (χ2v) is 6.29. The molecule has 0 fully saturated rings. The zero-order chi connectivity index (χ0) is 17.0. The van der Waals surface area contributed by atoms with Crippen molar-refractivity contribution in [2.45, 2.75) is 6.92 Å². The van der Waals surface area contributed by atoms with Gasteiger partial charge in [0.05, 0.1) is 17.1 Å². The van der Waals surface area contributed by atoms with Crippen LogP contribution in [0.2, 0.25) is 0 Å². The SMILES string of the molecule is Cc1ccc2c(oc3ncc4ccccc4c32)c1-c1cccn[n+]1C. The topological polar surface area (TPSA) is 42.8 Å². The summed E-state index contributed by atoms with van der Waals surface area (Å²) in [6.07, 6.45) is 3.66. The maximum atomic E-state index is 6.23. The Hall–Kier alpha value is -3.27. The van der Waals surface area contributed by atoms with E-state index in [0.29, 0.717) is 5.71 Å². The highest BCUT2D eigenvalue weighted by Gasteiger charge is 2.22. The van der Waals surface area contributed by atoms with Gasteiger partial charge in [0.1, 0.15) is 0 Å². The van der Waals surface area contributed by atoms with E-state index in [2.05, 4.69) is 53.4 Å². The fourth-order valence-corrected chi connectivity index (χ4v) is 3.57.